The van der Waals surface area contributed by atoms with Gasteiger partial charge in [-0.15, -0.1) is 0 Å². The van der Waals surface area contributed by atoms with Gasteiger partial charge >= 0.3 is 0 Å². The predicted molar refractivity (Wildman–Crippen MR) is 124 cm³/mol. The molecule has 28 heavy (non-hydrogen) atoms. The van der Waals surface area contributed by atoms with Crippen molar-refractivity contribution in [1.29, 1.82) is 0 Å². The molecule has 0 aromatic heterocycles. The van der Waals surface area contributed by atoms with Crippen LogP contribution in [0.1, 0.15) is 37.5 Å². The summed E-state index contributed by atoms with van der Waals surface area (Å²) < 4.78 is 0. The largest absolute Gasteiger partial charge is 0.385 e. The second-order valence-electron chi connectivity index (χ2n) is 6.89. The van der Waals surface area contributed by atoms with Crippen LogP contribution in [0.25, 0.3) is 5.57 Å². The van der Waals surface area contributed by atoms with E-state index in [2.05, 4.69) is 80.5 Å². The van der Waals surface area contributed by atoms with Crippen molar-refractivity contribution >= 4 is 28.6 Å². The third kappa shape index (κ3) is 4.28. The Bertz CT molecular complexity index is 993. The van der Waals surface area contributed by atoms with E-state index in [9.17, 15) is 0 Å². The van der Waals surface area contributed by atoms with Crippen molar-refractivity contribution in [2.45, 2.75) is 27.7 Å². The minimum absolute atomic E-state index is 0.755. The number of benzene rings is 2. The van der Waals surface area contributed by atoms with Gasteiger partial charge in [-0.1, -0.05) is 41.9 Å². The first-order valence-electron chi connectivity index (χ1n) is 9.80. The van der Waals surface area contributed by atoms with Crippen LogP contribution < -0.4 is 5.32 Å². The average Bonchev–Trinajstić information content (AvgIpc) is 2.68. The summed E-state index contributed by atoms with van der Waals surface area (Å²) in [4.78, 5) is 4.57. The standard InChI is InChI=1S/C25H27ClN2/c1-5-27-23-13-11-19(15-17(23)3)25(21-9-7-8-10-22(21)26)20-12-14-24(28-6-2)18(4)16-20/h7-16,27H,5-6H2,1-4H3. The fourth-order valence-electron chi connectivity index (χ4n) is 3.51. The van der Waals surface area contributed by atoms with Crippen LogP contribution in [0, 0.1) is 6.92 Å². The summed E-state index contributed by atoms with van der Waals surface area (Å²) in [6, 6.07) is 14.6. The van der Waals surface area contributed by atoms with Crippen LogP contribution in [0.15, 0.2) is 76.8 Å². The summed E-state index contributed by atoms with van der Waals surface area (Å²) in [6.45, 7) is 10.1. The average molecular weight is 391 g/mol. The lowest BCUT2D eigenvalue weighted by molar-refractivity contribution is 1.13. The van der Waals surface area contributed by atoms with Gasteiger partial charge in [-0.25, -0.2) is 0 Å². The molecular formula is C25H27ClN2. The zero-order valence-corrected chi connectivity index (χ0v) is 17.8. The third-order valence-corrected chi connectivity index (χ3v) is 5.17. The molecule has 0 fully saturated rings. The molecule has 0 aliphatic heterocycles. The minimum Gasteiger partial charge on any atom is -0.385 e. The highest BCUT2D eigenvalue weighted by atomic mass is 35.5. The van der Waals surface area contributed by atoms with Crippen LogP contribution in [0.5, 0.6) is 0 Å². The van der Waals surface area contributed by atoms with E-state index in [1.807, 2.05) is 18.2 Å². The number of nitrogens with zero attached hydrogens (tertiary/aromatic N) is 1. The van der Waals surface area contributed by atoms with E-state index in [0.717, 1.165) is 51.8 Å². The summed E-state index contributed by atoms with van der Waals surface area (Å²) in [5.74, 6) is 0. The van der Waals surface area contributed by atoms with Gasteiger partial charge < -0.3 is 5.32 Å². The van der Waals surface area contributed by atoms with E-state index in [1.165, 1.54) is 11.1 Å². The highest BCUT2D eigenvalue weighted by Crippen LogP contribution is 2.35. The summed E-state index contributed by atoms with van der Waals surface area (Å²) in [7, 11) is 0. The third-order valence-electron chi connectivity index (χ3n) is 4.84. The molecule has 3 rings (SSSR count). The molecule has 0 spiro atoms. The normalized spacial score (nSPS) is 16.9. The van der Waals surface area contributed by atoms with Crippen molar-refractivity contribution in [1.82, 2.24) is 0 Å². The van der Waals surface area contributed by atoms with Gasteiger partial charge in [0.25, 0.3) is 0 Å². The highest BCUT2D eigenvalue weighted by molar-refractivity contribution is 6.32. The molecule has 1 aliphatic carbocycles. The first kappa shape index (κ1) is 20.2. The molecule has 1 aliphatic rings. The zero-order chi connectivity index (χ0) is 20.1. The minimum atomic E-state index is 0.755. The van der Waals surface area contributed by atoms with E-state index in [0.29, 0.717) is 0 Å². The van der Waals surface area contributed by atoms with E-state index >= 15 is 0 Å². The number of rotatable bonds is 5. The predicted octanol–water partition coefficient (Wildman–Crippen LogP) is 6.86. The Kier molecular flexibility index (Phi) is 6.53. The molecule has 0 atom stereocenters. The first-order chi connectivity index (χ1) is 13.5. The molecule has 0 amide bonds. The molecule has 2 nitrogen and oxygen atoms in total. The van der Waals surface area contributed by atoms with Gasteiger partial charge in [0.15, 0.2) is 0 Å². The quantitative estimate of drug-likeness (QED) is 0.592. The number of nitrogens with one attached hydrogen (secondary N) is 1. The molecule has 2 aromatic carbocycles. The molecule has 0 bridgehead atoms. The smallest absolute Gasteiger partial charge is 0.0603 e. The first-order valence-corrected chi connectivity index (χ1v) is 10.2. The molecule has 2 aromatic rings. The van der Waals surface area contributed by atoms with E-state index < -0.39 is 0 Å². The lowest BCUT2D eigenvalue weighted by Gasteiger charge is -2.18. The van der Waals surface area contributed by atoms with Crippen LogP contribution in [0.2, 0.25) is 5.02 Å². The number of hydrogen-bond acceptors (Lipinski definition) is 2. The van der Waals surface area contributed by atoms with Crippen LogP contribution in [0.3, 0.4) is 0 Å². The van der Waals surface area contributed by atoms with E-state index in [1.54, 1.807) is 0 Å². The fourth-order valence-corrected chi connectivity index (χ4v) is 3.74. The topological polar surface area (TPSA) is 24.4 Å². The monoisotopic (exact) mass is 390 g/mol. The Morgan fingerprint density at radius 1 is 1.04 bits per heavy atom. The van der Waals surface area contributed by atoms with Gasteiger partial charge in [-0.3, -0.25) is 4.99 Å². The lowest BCUT2D eigenvalue weighted by atomic mass is 9.88. The second-order valence-corrected chi connectivity index (χ2v) is 7.30. The molecule has 0 unspecified atom stereocenters. The maximum Gasteiger partial charge on any atom is 0.0603 e. The molecular weight excluding hydrogens is 364 g/mol. The second kappa shape index (κ2) is 9.07. The van der Waals surface area contributed by atoms with Gasteiger partial charge in [0.05, 0.1) is 5.71 Å². The number of allylic oxidation sites excluding steroid dienone is 5. The molecule has 1 N–H and O–H groups in total. The van der Waals surface area contributed by atoms with Gasteiger partial charge in [0.2, 0.25) is 0 Å². The van der Waals surface area contributed by atoms with E-state index in [4.69, 9.17) is 11.6 Å². The Morgan fingerprint density at radius 2 is 1.82 bits per heavy atom. The van der Waals surface area contributed by atoms with Crippen molar-refractivity contribution < 1.29 is 0 Å². The van der Waals surface area contributed by atoms with Crippen LogP contribution >= 0.6 is 11.6 Å². The molecule has 0 saturated carbocycles. The summed E-state index contributed by atoms with van der Waals surface area (Å²) in [5.41, 5.74) is 9.09. The SMILES string of the molecule is CCN=C1C=CC(=C(c2ccc(NCC)c(C)c2)c2ccccc2Cl)C=C1C. The number of hydrogen-bond donors (Lipinski definition) is 1. The molecule has 0 heterocycles. The maximum atomic E-state index is 6.61. The van der Waals surface area contributed by atoms with Crippen LogP contribution in [0.4, 0.5) is 5.69 Å². The summed E-state index contributed by atoms with van der Waals surface area (Å²) in [5, 5.41) is 4.17. The van der Waals surface area contributed by atoms with Crippen molar-refractivity contribution in [3.05, 3.63) is 93.6 Å². The maximum absolute atomic E-state index is 6.61. The number of halogens is 1. The molecule has 3 heteroatoms. The van der Waals surface area contributed by atoms with Crippen molar-refractivity contribution in [3.8, 4) is 0 Å². The van der Waals surface area contributed by atoms with Crippen molar-refractivity contribution in [2.75, 3.05) is 18.4 Å². The Hall–Kier alpha value is -2.58. The molecule has 0 radical (unpaired) electrons. The van der Waals surface area contributed by atoms with Gasteiger partial charge in [0, 0.05) is 29.4 Å². The van der Waals surface area contributed by atoms with Gasteiger partial charge in [-0.2, -0.15) is 0 Å². The van der Waals surface area contributed by atoms with Crippen LogP contribution in [-0.2, 0) is 0 Å². The Labute approximate surface area is 173 Å². The lowest BCUT2D eigenvalue weighted by Crippen LogP contribution is -2.04. The number of aliphatic imine (C=N–C) groups is 1. The fraction of sp³-hybridized carbons (Fsp3) is 0.240. The summed E-state index contributed by atoms with van der Waals surface area (Å²) >= 11 is 6.61. The number of anilines is 1. The summed E-state index contributed by atoms with van der Waals surface area (Å²) in [6.07, 6.45) is 6.46. The van der Waals surface area contributed by atoms with Gasteiger partial charge in [0.1, 0.15) is 0 Å². The molecule has 144 valence electrons. The van der Waals surface area contributed by atoms with Crippen molar-refractivity contribution in [3.63, 3.8) is 0 Å². The van der Waals surface area contributed by atoms with Crippen molar-refractivity contribution in [2.24, 2.45) is 4.99 Å². The number of aryl methyl sites for hydroxylation is 1. The van der Waals surface area contributed by atoms with Gasteiger partial charge in [-0.05, 0) is 85.9 Å². The van der Waals surface area contributed by atoms with E-state index in [-0.39, 0.29) is 0 Å². The van der Waals surface area contributed by atoms with Crippen LogP contribution in [-0.4, -0.2) is 18.8 Å². The molecule has 0 saturated heterocycles. The zero-order valence-electron chi connectivity index (χ0n) is 17.0. The Morgan fingerprint density at radius 3 is 2.46 bits per heavy atom. The highest BCUT2D eigenvalue weighted by Gasteiger charge is 2.16. The Balaban J connectivity index is 2.21.